The second-order valence-electron chi connectivity index (χ2n) is 6.02. The van der Waals surface area contributed by atoms with E-state index in [1.54, 1.807) is 29.2 Å². The Balaban J connectivity index is 1.56. The third-order valence-electron chi connectivity index (χ3n) is 4.04. The fraction of sp³-hybridized carbons (Fsp3) is 0.263. The minimum Gasteiger partial charge on any atom is -0.447 e. The van der Waals surface area contributed by atoms with Crippen molar-refractivity contribution in [3.63, 3.8) is 0 Å². The summed E-state index contributed by atoms with van der Waals surface area (Å²) in [4.78, 5) is 26.4. The van der Waals surface area contributed by atoms with Gasteiger partial charge in [0.25, 0.3) is 0 Å². The van der Waals surface area contributed by atoms with Gasteiger partial charge in [0.15, 0.2) is 0 Å². The molecule has 1 heterocycles. The zero-order valence-corrected chi connectivity index (χ0v) is 16.9. The molecule has 3 rings (SSSR count). The van der Waals surface area contributed by atoms with E-state index in [1.807, 2.05) is 13.8 Å². The van der Waals surface area contributed by atoms with Crippen LogP contribution in [0.1, 0.15) is 11.1 Å². The first-order valence-corrected chi connectivity index (χ1v) is 9.95. The predicted octanol–water partition coefficient (Wildman–Crippen LogP) is 4.75. The van der Waals surface area contributed by atoms with Gasteiger partial charge in [-0.3, -0.25) is 9.69 Å². The molecular weight excluding hydrogens is 416 g/mol. The zero-order chi connectivity index (χ0) is 18.7. The van der Waals surface area contributed by atoms with Crippen LogP contribution in [0, 0.1) is 13.8 Å². The molecule has 0 aliphatic carbocycles. The number of carbonyl (C=O) groups is 2. The van der Waals surface area contributed by atoms with E-state index in [0.29, 0.717) is 24.6 Å². The Hall–Kier alpha value is -1.99. The molecule has 26 heavy (non-hydrogen) atoms. The first kappa shape index (κ1) is 18.8. The molecule has 5 nitrogen and oxygen atoms in total. The number of thioether (sulfide) groups is 1. The SMILES string of the molecule is Cc1cc(SCC(=O)Nc2ccc(N3CCOC3=O)cc2)c(C)cc1Br. The fourth-order valence-corrected chi connectivity index (χ4v) is 3.97. The number of benzene rings is 2. The van der Waals surface area contributed by atoms with Crippen LogP contribution in [0.2, 0.25) is 0 Å². The highest BCUT2D eigenvalue weighted by atomic mass is 79.9. The molecule has 1 fully saturated rings. The number of hydrogen-bond donors (Lipinski definition) is 1. The van der Waals surface area contributed by atoms with E-state index in [1.165, 1.54) is 11.8 Å². The quantitative estimate of drug-likeness (QED) is 0.689. The monoisotopic (exact) mass is 434 g/mol. The number of anilines is 2. The lowest BCUT2D eigenvalue weighted by Gasteiger charge is -2.13. The van der Waals surface area contributed by atoms with E-state index in [4.69, 9.17) is 4.74 Å². The highest BCUT2D eigenvalue weighted by molar-refractivity contribution is 9.10. The second kappa shape index (κ2) is 8.14. The smallest absolute Gasteiger partial charge is 0.414 e. The molecule has 136 valence electrons. The number of aryl methyl sites for hydroxylation is 2. The Labute approximate surface area is 165 Å². The molecule has 2 amide bonds. The summed E-state index contributed by atoms with van der Waals surface area (Å²) in [5, 5.41) is 2.88. The first-order chi connectivity index (χ1) is 12.4. The number of halogens is 1. The average Bonchev–Trinajstić information content (AvgIpc) is 3.04. The Morgan fingerprint density at radius 1 is 1.23 bits per heavy atom. The molecule has 0 unspecified atom stereocenters. The summed E-state index contributed by atoms with van der Waals surface area (Å²) in [5.74, 6) is 0.269. The predicted molar refractivity (Wildman–Crippen MR) is 108 cm³/mol. The molecule has 0 spiro atoms. The summed E-state index contributed by atoms with van der Waals surface area (Å²) in [6, 6.07) is 11.3. The molecule has 2 aromatic carbocycles. The van der Waals surface area contributed by atoms with Crippen molar-refractivity contribution in [2.24, 2.45) is 0 Å². The molecule has 0 radical (unpaired) electrons. The van der Waals surface area contributed by atoms with Gasteiger partial charge in [0.2, 0.25) is 5.91 Å². The van der Waals surface area contributed by atoms with Gasteiger partial charge in [0.05, 0.1) is 12.3 Å². The van der Waals surface area contributed by atoms with Crippen LogP contribution < -0.4 is 10.2 Å². The lowest BCUT2D eigenvalue weighted by molar-refractivity contribution is -0.113. The van der Waals surface area contributed by atoms with Crippen molar-refractivity contribution in [2.45, 2.75) is 18.7 Å². The number of amides is 2. The standard InChI is InChI=1S/C19H19BrN2O3S/c1-12-10-17(13(2)9-16(12)20)26-11-18(23)21-14-3-5-15(6-4-14)22-7-8-25-19(22)24/h3-6,9-10H,7-8,11H2,1-2H3,(H,21,23). The largest absolute Gasteiger partial charge is 0.447 e. The van der Waals surface area contributed by atoms with Crippen molar-refractivity contribution in [3.05, 3.63) is 52.0 Å². The number of cyclic esters (lactones) is 1. The molecule has 2 aromatic rings. The molecule has 0 bridgehead atoms. The van der Waals surface area contributed by atoms with E-state index in [2.05, 4.69) is 33.4 Å². The lowest BCUT2D eigenvalue weighted by atomic mass is 10.2. The Bertz CT molecular complexity index is 839. The maximum absolute atomic E-state index is 12.2. The first-order valence-electron chi connectivity index (χ1n) is 8.18. The second-order valence-corrected chi connectivity index (χ2v) is 7.89. The van der Waals surface area contributed by atoms with Crippen LogP contribution in [0.5, 0.6) is 0 Å². The molecular formula is C19H19BrN2O3S. The van der Waals surface area contributed by atoms with Crippen LogP contribution in [0.4, 0.5) is 16.2 Å². The van der Waals surface area contributed by atoms with Gasteiger partial charge in [0.1, 0.15) is 6.61 Å². The molecule has 0 atom stereocenters. The minimum absolute atomic E-state index is 0.0664. The summed E-state index contributed by atoms with van der Waals surface area (Å²) >= 11 is 5.04. The molecule has 1 N–H and O–H groups in total. The summed E-state index contributed by atoms with van der Waals surface area (Å²) in [7, 11) is 0. The molecule has 0 saturated carbocycles. The molecule has 7 heteroatoms. The summed E-state index contributed by atoms with van der Waals surface area (Å²) < 4.78 is 6.00. The van der Waals surface area contributed by atoms with Crippen molar-refractivity contribution in [1.82, 2.24) is 0 Å². The molecule has 1 saturated heterocycles. The van der Waals surface area contributed by atoms with Gasteiger partial charge in [-0.2, -0.15) is 0 Å². The Morgan fingerprint density at radius 3 is 2.62 bits per heavy atom. The van der Waals surface area contributed by atoms with E-state index >= 15 is 0 Å². The Morgan fingerprint density at radius 2 is 1.96 bits per heavy atom. The third-order valence-corrected chi connectivity index (χ3v) is 6.05. The van der Waals surface area contributed by atoms with E-state index in [0.717, 1.165) is 26.2 Å². The minimum atomic E-state index is -0.335. The number of nitrogens with one attached hydrogen (secondary N) is 1. The number of ether oxygens (including phenoxy) is 1. The number of nitrogens with zero attached hydrogens (tertiary/aromatic N) is 1. The van der Waals surface area contributed by atoms with E-state index in [9.17, 15) is 9.59 Å². The van der Waals surface area contributed by atoms with Gasteiger partial charge < -0.3 is 10.1 Å². The van der Waals surface area contributed by atoms with Crippen molar-refractivity contribution < 1.29 is 14.3 Å². The summed E-state index contributed by atoms with van der Waals surface area (Å²) in [6.45, 7) is 5.02. The number of rotatable bonds is 5. The van der Waals surface area contributed by atoms with Crippen LogP contribution in [-0.4, -0.2) is 30.9 Å². The van der Waals surface area contributed by atoms with Crippen molar-refractivity contribution in [1.29, 1.82) is 0 Å². The average molecular weight is 435 g/mol. The van der Waals surface area contributed by atoms with Gasteiger partial charge in [-0.05, 0) is 61.4 Å². The van der Waals surface area contributed by atoms with Gasteiger partial charge in [-0.25, -0.2) is 4.79 Å². The Kier molecular flexibility index (Phi) is 5.88. The summed E-state index contributed by atoms with van der Waals surface area (Å²) in [5.41, 5.74) is 3.76. The van der Waals surface area contributed by atoms with Gasteiger partial charge in [0, 0.05) is 20.7 Å². The molecule has 1 aliphatic rings. The maximum atomic E-state index is 12.2. The summed E-state index contributed by atoms with van der Waals surface area (Å²) in [6.07, 6.45) is -0.335. The van der Waals surface area contributed by atoms with Crippen LogP contribution in [0.15, 0.2) is 45.8 Å². The highest BCUT2D eigenvalue weighted by Crippen LogP contribution is 2.28. The van der Waals surface area contributed by atoms with E-state index in [-0.39, 0.29) is 12.0 Å². The van der Waals surface area contributed by atoms with Crippen LogP contribution >= 0.6 is 27.7 Å². The van der Waals surface area contributed by atoms with Gasteiger partial charge >= 0.3 is 6.09 Å². The van der Waals surface area contributed by atoms with Crippen molar-refractivity contribution in [3.8, 4) is 0 Å². The zero-order valence-electron chi connectivity index (χ0n) is 14.5. The number of hydrogen-bond acceptors (Lipinski definition) is 4. The van der Waals surface area contributed by atoms with Crippen LogP contribution in [0.25, 0.3) is 0 Å². The van der Waals surface area contributed by atoms with Crippen molar-refractivity contribution >= 4 is 51.1 Å². The fourth-order valence-electron chi connectivity index (χ4n) is 2.60. The maximum Gasteiger partial charge on any atom is 0.414 e. The highest BCUT2D eigenvalue weighted by Gasteiger charge is 2.23. The topological polar surface area (TPSA) is 58.6 Å². The van der Waals surface area contributed by atoms with Gasteiger partial charge in [-0.1, -0.05) is 15.9 Å². The normalized spacial score (nSPS) is 13.7. The van der Waals surface area contributed by atoms with Crippen LogP contribution in [-0.2, 0) is 9.53 Å². The van der Waals surface area contributed by atoms with Gasteiger partial charge in [-0.15, -0.1) is 11.8 Å². The molecule has 0 aromatic heterocycles. The number of carbonyl (C=O) groups excluding carboxylic acids is 2. The molecule has 1 aliphatic heterocycles. The van der Waals surface area contributed by atoms with E-state index < -0.39 is 0 Å². The lowest BCUT2D eigenvalue weighted by Crippen LogP contribution is -2.23. The third kappa shape index (κ3) is 4.40. The van der Waals surface area contributed by atoms with Crippen LogP contribution in [0.3, 0.4) is 0 Å². The van der Waals surface area contributed by atoms with Crippen molar-refractivity contribution in [2.75, 3.05) is 29.1 Å².